The van der Waals surface area contributed by atoms with Gasteiger partial charge in [0, 0.05) is 26.7 Å². The standard InChI is InChI=1S/C22H23BrN2O/c1-6-20(25-26-5)19-12-15(4)24-22-17(19)8-7-9-18(22)21-13(2)10-16(23)11-14(21)3/h7-12H,6H2,1-5H3. The number of benzene rings is 2. The SMILES string of the molecule is CCC(=NOC)c1cc(C)nc2c(-c3c(C)cc(Br)cc3C)cccc12. The van der Waals surface area contributed by atoms with Crippen LogP contribution in [0.2, 0.25) is 0 Å². The summed E-state index contributed by atoms with van der Waals surface area (Å²) in [5.74, 6) is 0. The van der Waals surface area contributed by atoms with Gasteiger partial charge in [-0.25, -0.2) is 0 Å². The first-order chi connectivity index (χ1) is 12.5. The minimum absolute atomic E-state index is 0.799. The van der Waals surface area contributed by atoms with Gasteiger partial charge >= 0.3 is 0 Å². The van der Waals surface area contributed by atoms with Crippen molar-refractivity contribution in [2.24, 2.45) is 5.16 Å². The molecule has 0 atom stereocenters. The number of oxime groups is 1. The molecule has 3 aromatic rings. The molecular formula is C22H23BrN2O. The highest BCUT2D eigenvalue weighted by atomic mass is 79.9. The van der Waals surface area contributed by atoms with E-state index in [1.165, 1.54) is 16.7 Å². The molecule has 134 valence electrons. The first kappa shape index (κ1) is 18.6. The number of hydrogen-bond acceptors (Lipinski definition) is 3. The largest absolute Gasteiger partial charge is 0.399 e. The molecule has 1 aromatic heterocycles. The van der Waals surface area contributed by atoms with Crippen molar-refractivity contribution < 1.29 is 4.84 Å². The minimum Gasteiger partial charge on any atom is -0.399 e. The summed E-state index contributed by atoms with van der Waals surface area (Å²) in [5, 5.41) is 5.34. The lowest BCUT2D eigenvalue weighted by atomic mass is 9.92. The molecule has 0 N–H and O–H groups in total. The van der Waals surface area contributed by atoms with Crippen LogP contribution in [-0.4, -0.2) is 17.8 Å². The zero-order valence-corrected chi connectivity index (χ0v) is 17.4. The monoisotopic (exact) mass is 410 g/mol. The van der Waals surface area contributed by atoms with Gasteiger partial charge in [0.1, 0.15) is 7.11 Å². The number of pyridine rings is 1. The summed E-state index contributed by atoms with van der Waals surface area (Å²) in [6.07, 6.45) is 0.799. The van der Waals surface area contributed by atoms with E-state index in [1.54, 1.807) is 7.11 Å². The lowest BCUT2D eigenvalue weighted by Gasteiger charge is -2.16. The van der Waals surface area contributed by atoms with E-state index in [0.717, 1.165) is 44.3 Å². The number of fused-ring (bicyclic) bond motifs is 1. The van der Waals surface area contributed by atoms with E-state index in [9.17, 15) is 0 Å². The Morgan fingerprint density at radius 3 is 2.42 bits per heavy atom. The number of nitrogens with zero attached hydrogens (tertiary/aromatic N) is 2. The molecule has 0 unspecified atom stereocenters. The highest BCUT2D eigenvalue weighted by molar-refractivity contribution is 9.10. The predicted octanol–water partition coefficient (Wildman–Crippen LogP) is 6.35. The fraction of sp³-hybridized carbons (Fsp3) is 0.273. The molecular weight excluding hydrogens is 388 g/mol. The molecule has 3 rings (SSSR count). The van der Waals surface area contributed by atoms with Crippen LogP contribution in [0.5, 0.6) is 0 Å². The molecule has 0 fully saturated rings. The molecule has 0 aliphatic carbocycles. The van der Waals surface area contributed by atoms with Crippen LogP contribution in [0.25, 0.3) is 22.0 Å². The third-order valence-electron chi connectivity index (χ3n) is 4.58. The molecule has 0 radical (unpaired) electrons. The van der Waals surface area contributed by atoms with Crippen molar-refractivity contribution >= 4 is 32.5 Å². The summed E-state index contributed by atoms with van der Waals surface area (Å²) in [7, 11) is 1.59. The number of para-hydroxylation sites is 1. The molecule has 0 saturated carbocycles. The van der Waals surface area contributed by atoms with Crippen LogP contribution in [0.4, 0.5) is 0 Å². The van der Waals surface area contributed by atoms with E-state index in [0.29, 0.717) is 0 Å². The van der Waals surface area contributed by atoms with Crippen molar-refractivity contribution in [1.82, 2.24) is 4.98 Å². The van der Waals surface area contributed by atoms with E-state index in [-0.39, 0.29) is 0 Å². The summed E-state index contributed by atoms with van der Waals surface area (Å²) >= 11 is 3.59. The molecule has 2 aromatic carbocycles. The fourth-order valence-electron chi connectivity index (χ4n) is 3.57. The molecule has 4 heteroatoms. The Kier molecular flexibility index (Phi) is 5.42. The number of aromatic nitrogens is 1. The van der Waals surface area contributed by atoms with Gasteiger partial charge in [0.2, 0.25) is 0 Å². The Balaban J connectivity index is 2.38. The molecule has 0 aliphatic heterocycles. The smallest absolute Gasteiger partial charge is 0.106 e. The van der Waals surface area contributed by atoms with Gasteiger partial charge in [0.15, 0.2) is 0 Å². The predicted molar refractivity (Wildman–Crippen MR) is 113 cm³/mol. The van der Waals surface area contributed by atoms with E-state index in [1.807, 2.05) is 6.92 Å². The van der Waals surface area contributed by atoms with Crippen LogP contribution in [-0.2, 0) is 4.84 Å². The second kappa shape index (κ2) is 7.58. The zero-order chi connectivity index (χ0) is 18.8. The zero-order valence-electron chi connectivity index (χ0n) is 15.9. The van der Waals surface area contributed by atoms with Gasteiger partial charge in [-0.2, -0.15) is 0 Å². The first-order valence-electron chi connectivity index (χ1n) is 8.74. The van der Waals surface area contributed by atoms with Crippen LogP contribution < -0.4 is 0 Å². The molecule has 0 aliphatic rings. The number of aryl methyl sites for hydroxylation is 3. The molecule has 0 amide bonds. The van der Waals surface area contributed by atoms with E-state index in [2.05, 4.69) is 78.3 Å². The van der Waals surface area contributed by atoms with Crippen molar-refractivity contribution in [3.05, 3.63) is 63.3 Å². The summed E-state index contributed by atoms with van der Waals surface area (Å²) in [6, 6.07) is 12.8. The Labute approximate surface area is 163 Å². The van der Waals surface area contributed by atoms with E-state index in [4.69, 9.17) is 9.82 Å². The van der Waals surface area contributed by atoms with Crippen LogP contribution in [0.1, 0.15) is 35.7 Å². The quantitative estimate of drug-likeness (QED) is 0.370. The van der Waals surface area contributed by atoms with Gasteiger partial charge in [-0.3, -0.25) is 4.98 Å². The van der Waals surface area contributed by atoms with Crippen molar-refractivity contribution in [2.45, 2.75) is 34.1 Å². The van der Waals surface area contributed by atoms with Crippen molar-refractivity contribution in [3.63, 3.8) is 0 Å². The summed E-state index contributed by atoms with van der Waals surface area (Å²) in [6.45, 7) is 8.41. The summed E-state index contributed by atoms with van der Waals surface area (Å²) < 4.78 is 1.10. The van der Waals surface area contributed by atoms with E-state index < -0.39 is 0 Å². The van der Waals surface area contributed by atoms with Crippen LogP contribution in [0.15, 0.2) is 46.0 Å². The van der Waals surface area contributed by atoms with Gasteiger partial charge in [0.25, 0.3) is 0 Å². The van der Waals surface area contributed by atoms with E-state index >= 15 is 0 Å². The van der Waals surface area contributed by atoms with Gasteiger partial charge in [0.05, 0.1) is 11.2 Å². The van der Waals surface area contributed by atoms with Gasteiger partial charge in [-0.1, -0.05) is 46.2 Å². The maximum Gasteiger partial charge on any atom is 0.106 e. The summed E-state index contributed by atoms with van der Waals surface area (Å²) in [5.41, 5.74) is 8.87. The topological polar surface area (TPSA) is 34.5 Å². The van der Waals surface area contributed by atoms with Crippen LogP contribution >= 0.6 is 15.9 Å². The lowest BCUT2D eigenvalue weighted by molar-refractivity contribution is 0.213. The third-order valence-corrected chi connectivity index (χ3v) is 5.04. The number of rotatable bonds is 4. The lowest BCUT2D eigenvalue weighted by Crippen LogP contribution is -2.04. The second-order valence-corrected chi connectivity index (χ2v) is 7.42. The first-order valence-corrected chi connectivity index (χ1v) is 9.53. The minimum atomic E-state index is 0.799. The molecule has 26 heavy (non-hydrogen) atoms. The van der Waals surface area contributed by atoms with Crippen molar-refractivity contribution in [2.75, 3.05) is 7.11 Å². The number of hydrogen-bond donors (Lipinski definition) is 0. The third kappa shape index (κ3) is 3.38. The average molecular weight is 411 g/mol. The van der Waals surface area contributed by atoms with Crippen molar-refractivity contribution in [3.8, 4) is 11.1 Å². The Hall–Kier alpha value is -2.20. The highest BCUT2D eigenvalue weighted by Gasteiger charge is 2.16. The Morgan fingerprint density at radius 1 is 1.12 bits per heavy atom. The van der Waals surface area contributed by atoms with Crippen molar-refractivity contribution in [1.29, 1.82) is 0 Å². The maximum atomic E-state index is 5.07. The Morgan fingerprint density at radius 2 is 1.81 bits per heavy atom. The average Bonchev–Trinajstić information content (AvgIpc) is 2.58. The van der Waals surface area contributed by atoms with Gasteiger partial charge in [-0.05, 0) is 62.1 Å². The van der Waals surface area contributed by atoms with Gasteiger partial charge in [-0.15, -0.1) is 0 Å². The normalized spacial score (nSPS) is 11.8. The Bertz CT molecular complexity index is 985. The molecule has 0 bridgehead atoms. The summed E-state index contributed by atoms with van der Waals surface area (Å²) in [4.78, 5) is 9.95. The van der Waals surface area contributed by atoms with Crippen LogP contribution in [0.3, 0.4) is 0 Å². The highest BCUT2D eigenvalue weighted by Crippen LogP contribution is 2.35. The van der Waals surface area contributed by atoms with Crippen LogP contribution in [0, 0.1) is 20.8 Å². The second-order valence-electron chi connectivity index (χ2n) is 6.50. The molecule has 0 spiro atoms. The fourth-order valence-corrected chi connectivity index (χ4v) is 4.25. The molecule has 3 nitrogen and oxygen atoms in total. The molecule has 0 saturated heterocycles. The maximum absolute atomic E-state index is 5.07. The molecule has 1 heterocycles. The number of halogens is 1. The van der Waals surface area contributed by atoms with Gasteiger partial charge < -0.3 is 4.84 Å².